The fourth-order valence-electron chi connectivity index (χ4n) is 2.12. The standard InChI is InChI=1S/C14H19ClN2O3/c15-13-7-10(14(16)17-18)4-5-11(13)8-19-9-12-3-1-2-6-20-12/h4-5,7,12,18H,1-3,6,8-9H2,(H2,16,17). The average molecular weight is 299 g/mol. The van der Waals surface area contributed by atoms with E-state index in [4.69, 9.17) is 32.0 Å². The summed E-state index contributed by atoms with van der Waals surface area (Å²) in [4.78, 5) is 0. The van der Waals surface area contributed by atoms with E-state index in [1.54, 1.807) is 12.1 Å². The van der Waals surface area contributed by atoms with Crippen molar-refractivity contribution in [3.63, 3.8) is 0 Å². The van der Waals surface area contributed by atoms with Gasteiger partial charge in [0, 0.05) is 17.2 Å². The molecular formula is C14H19ClN2O3. The van der Waals surface area contributed by atoms with Crippen molar-refractivity contribution in [3.8, 4) is 0 Å². The summed E-state index contributed by atoms with van der Waals surface area (Å²) in [6.45, 7) is 1.83. The molecule has 1 heterocycles. The molecule has 1 atom stereocenters. The molecule has 3 N–H and O–H groups in total. The second-order valence-electron chi connectivity index (χ2n) is 4.80. The van der Waals surface area contributed by atoms with Gasteiger partial charge in [0.15, 0.2) is 5.84 Å². The second kappa shape index (κ2) is 7.47. The predicted molar refractivity (Wildman–Crippen MR) is 77.2 cm³/mol. The minimum Gasteiger partial charge on any atom is -0.409 e. The number of oxime groups is 1. The Morgan fingerprint density at radius 3 is 3.00 bits per heavy atom. The molecule has 0 amide bonds. The summed E-state index contributed by atoms with van der Waals surface area (Å²) in [7, 11) is 0. The Morgan fingerprint density at radius 1 is 1.50 bits per heavy atom. The molecule has 1 aliphatic heterocycles. The lowest BCUT2D eigenvalue weighted by molar-refractivity contribution is -0.0447. The Morgan fingerprint density at radius 2 is 2.35 bits per heavy atom. The van der Waals surface area contributed by atoms with Crippen molar-refractivity contribution in [2.45, 2.75) is 32.0 Å². The second-order valence-corrected chi connectivity index (χ2v) is 5.20. The lowest BCUT2D eigenvalue weighted by atomic mass is 10.1. The fourth-order valence-corrected chi connectivity index (χ4v) is 2.36. The lowest BCUT2D eigenvalue weighted by Crippen LogP contribution is -2.24. The number of nitrogens with two attached hydrogens (primary N) is 1. The van der Waals surface area contributed by atoms with Crippen molar-refractivity contribution in [2.75, 3.05) is 13.2 Å². The topological polar surface area (TPSA) is 77.1 Å². The summed E-state index contributed by atoms with van der Waals surface area (Å²) >= 11 is 6.15. The summed E-state index contributed by atoms with van der Waals surface area (Å²) in [6.07, 6.45) is 3.58. The highest BCUT2D eigenvalue weighted by molar-refractivity contribution is 6.31. The first-order chi connectivity index (χ1) is 9.70. The molecule has 20 heavy (non-hydrogen) atoms. The number of ether oxygens (including phenoxy) is 2. The molecule has 2 rings (SSSR count). The smallest absolute Gasteiger partial charge is 0.170 e. The highest BCUT2D eigenvalue weighted by Gasteiger charge is 2.14. The molecule has 6 heteroatoms. The number of hydrogen-bond donors (Lipinski definition) is 2. The van der Waals surface area contributed by atoms with Gasteiger partial charge in [0.2, 0.25) is 0 Å². The van der Waals surface area contributed by atoms with Crippen molar-refractivity contribution >= 4 is 17.4 Å². The first-order valence-electron chi connectivity index (χ1n) is 6.66. The molecule has 0 radical (unpaired) electrons. The van der Waals surface area contributed by atoms with Crippen LogP contribution >= 0.6 is 11.6 Å². The molecule has 1 saturated heterocycles. The van der Waals surface area contributed by atoms with Gasteiger partial charge in [0.25, 0.3) is 0 Å². The van der Waals surface area contributed by atoms with Crippen LogP contribution in [-0.4, -0.2) is 30.4 Å². The van der Waals surface area contributed by atoms with Crippen molar-refractivity contribution in [1.29, 1.82) is 0 Å². The van der Waals surface area contributed by atoms with Gasteiger partial charge in [0.05, 0.1) is 19.3 Å². The Balaban J connectivity index is 1.86. The Hall–Kier alpha value is -1.30. The third-order valence-corrected chi connectivity index (χ3v) is 3.64. The van der Waals surface area contributed by atoms with Gasteiger partial charge in [-0.05, 0) is 30.9 Å². The molecule has 1 aliphatic rings. The maximum Gasteiger partial charge on any atom is 0.170 e. The number of amidine groups is 1. The third-order valence-electron chi connectivity index (χ3n) is 3.29. The Kier molecular flexibility index (Phi) is 5.64. The van der Waals surface area contributed by atoms with E-state index in [2.05, 4.69) is 5.16 Å². The first-order valence-corrected chi connectivity index (χ1v) is 7.04. The highest BCUT2D eigenvalue weighted by Crippen LogP contribution is 2.20. The van der Waals surface area contributed by atoms with E-state index >= 15 is 0 Å². The van der Waals surface area contributed by atoms with Crippen LogP contribution in [0.2, 0.25) is 5.02 Å². The van der Waals surface area contributed by atoms with Crippen LogP contribution in [0.15, 0.2) is 23.4 Å². The SMILES string of the molecule is N/C(=N/O)c1ccc(COCC2CCCCO2)c(Cl)c1. The molecule has 0 spiro atoms. The van der Waals surface area contributed by atoms with Gasteiger partial charge < -0.3 is 20.4 Å². The van der Waals surface area contributed by atoms with E-state index in [-0.39, 0.29) is 11.9 Å². The van der Waals surface area contributed by atoms with Crippen molar-refractivity contribution < 1.29 is 14.7 Å². The van der Waals surface area contributed by atoms with Gasteiger partial charge in [-0.25, -0.2) is 0 Å². The zero-order valence-electron chi connectivity index (χ0n) is 11.2. The van der Waals surface area contributed by atoms with Crippen LogP contribution in [0.3, 0.4) is 0 Å². The predicted octanol–water partition coefficient (Wildman–Crippen LogP) is 2.52. The van der Waals surface area contributed by atoms with Crippen LogP contribution in [0, 0.1) is 0 Å². The summed E-state index contributed by atoms with van der Waals surface area (Å²) in [6, 6.07) is 5.22. The fraction of sp³-hybridized carbons (Fsp3) is 0.500. The first kappa shape index (κ1) is 15.1. The van der Waals surface area contributed by atoms with Crippen LogP contribution < -0.4 is 5.73 Å². The quantitative estimate of drug-likeness (QED) is 0.379. The molecule has 1 aromatic carbocycles. The molecule has 110 valence electrons. The zero-order valence-corrected chi connectivity index (χ0v) is 12.0. The molecule has 0 saturated carbocycles. The van der Waals surface area contributed by atoms with E-state index < -0.39 is 0 Å². The molecule has 1 aromatic rings. The van der Waals surface area contributed by atoms with Crippen LogP contribution in [0.1, 0.15) is 30.4 Å². The molecule has 0 aliphatic carbocycles. The van der Waals surface area contributed by atoms with Gasteiger partial charge in [-0.15, -0.1) is 0 Å². The number of hydrogen-bond acceptors (Lipinski definition) is 4. The van der Waals surface area contributed by atoms with Crippen LogP contribution in [0.4, 0.5) is 0 Å². The van der Waals surface area contributed by atoms with Gasteiger partial charge in [-0.3, -0.25) is 0 Å². The lowest BCUT2D eigenvalue weighted by Gasteiger charge is -2.22. The third kappa shape index (κ3) is 4.10. The Bertz CT molecular complexity index is 473. The maximum absolute atomic E-state index is 8.62. The summed E-state index contributed by atoms with van der Waals surface area (Å²) in [5.74, 6) is 0.0370. The monoisotopic (exact) mass is 298 g/mol. The average Bonchev–Trinajstić information content (AvgIpc) is 2.49. The van der Waals surface area contributed by atoms with Gasteiger partial charge in [-0.1, -0.05) is 28.9 Å². The number of rotatable bonds is 5. The maximum atomic E-state index is 8.62. The molecular weight excluding hydrogens is 280 g/mol. The Labute approximate surface area is 123 Å². The minimum atomic E-state index is 0.0370. The van der Waals surface area contributed by atoms with Crippen molar-refractivity contribution in [1.82, 2.24) is 0 Å². The van der Waals surface area contributed by atoms with E-state index in [1.807, 2.05) is 6.07 Å². The van der Waals surface area contributed by atoms with Gasteiger partial charge >= 0.3 is 0 Å². The van der Waals surface area contributed by atoms with Crippen molar-refractivity contribution in [3.05, 3.63) is 34.3 Å². The number of benzene rings is 1. The van der Waals surface area contributed by atoms with Gasteiger partial charge in [-0.2, -0.15) is 0 Å². The van der Waals surface area contributed by atoms with E-state index in [9.17, 15) is 0 Å². The molecule has 5 nitrogen and oxygen atoms in total. The normalized spacial score (nSPS) is 20.1. The molecule has 0 aromatic heterocycles. The number of halogens is 1. The largest absolute Gasteiger partial charge is 0.409 e. The summed E-state index contributed by atoms with van der Waals surface area (Å²) in [5.41, 5.74) is 6.96. The zero-order chi connectivity index (χ0) is 14.4. The molecule has 1 fully saturated rings. The number of nitrogens with zero attached hydrogens (tertiary/aromatic N) is 1. The minimum absolute atomic E-state index is 0.0370. The van der Waals surface area contributed by atoms with Crippen LogP contribution in [0.5, 0.6) is 0 Å². The van der Waals surface area contributed by atoms with Crippen LogP contribution in [0.25, 0.3) is 0 Å². The van der Waals surface area contributed by atoms with Crippen molar-refractivity contribution in [2.24, 2.45) is 10.9 Å². The van der Waals surface area contributed by atoms with E-state index in [0.717, 1.165) is 25.0 Å². The van der Waals surface area contributed by atoms with E-state index in [0.29, 0.717) is 23.8 Å². The van der Waals surface area contributed by atoms with Crippen LogP contribution in [-0.2, 0) is 16.1 Å². The summed E-state index contributed by atoms with van der Waals surface area (Å²) < 4.78 is 11.2. The molecule has 0 bridgehead atoms. The highest BCUT2D eigenvalue weighted by atomic mass is 35.5. The van der Waals surface area contributed by atoms with Gasteiger partial charge in [0.1, 0.15) is 0 Å². The van der Waals surface area contributed by atoms with E-state index in [1.165, 1.54) is 6.42 Å². The summed E-state index contributed by atoms with van der Waals surface area (Å²) in [5, 5.41) is 12.1. The molecule has 1 unspecified atom stereocenters.